The Morgan fingerprint density at radius 2 is 2.05 bits per heavy atom. The van der Waals surface area contributed by atoms with E-state index in [1.165, 1.54) is 12.8 Å². The number of methoxy groups -OCH3 is 1. The zero-order valence-electron chi connectivity index (χ0n) is 13.0. The topological polar surface area (TPSA) is 63.5 Å². The largest absolute Gasteiger partial charge is 0.385 e. The average Bonchev–Trinajstić information content (AvgIpc) is 3.21. The molecule has 0 aromatic rings. The van der Waals surface area contributed by atoms with Crippen LogP contribution in [-0.4, -0.2) is 51.2 Å². The summed E-state index contributed by atoms with van der Waals surface area (Å²) in [5.41, 5.74) is -0.486. The number of hydrogen-bond donors (Lipinski definition) is 1. The van der Waals surface area contributed by atoms with Crippen LogP contribution in [0.25, 0.3) is 0 Å². The molecule has 5 nitrogen and oxygen atoms in total. The molecule has 0 heterocycles. The maximum atomic E-state index is 9.30. The van der Waals surface area contributed by atoms with E-state index in [9.17, 15) is 5.26 Å². The Kier molecular flexibility index (Phi) is 8.08. The zero-order chi connectivity index (χ0) is 14.8. The van der Waals surface area contributed by atoms with Gasteiger partial charge in [-0.25, -0.2) is 0 Å². The summed E-state index contributed by atoms with van der Waals surface area (Å²) >= 11 is 0. The van der Waals surface area contributed by atoms with Crippen molar-refractivity contribution in [3.05, 3.63) is 0 Å². The molecule has 116 valence electrons. The zero-order valence-corrected chi connectivity index (χ0v) is 13.0. The van der Waals surface area contributed by atoms with Crippen molar-refractivity contribution in [2.75, 3.05) is 33.5 Å². The minimum Gasteiger partial charge on any atom is -0.385 e. The van der Waals surface area contributed by atoms with Crippen molar-refractivity contribution in [3.63, 3.8) is 0 Å². The second-order valence-corrected chi connectivity index (χ2v) is 5.71. The van der Waals surface area contributed by atoms with Gasteiger partial charge in [0.1, 0.15) is 5.54 Å². The Bertz CT molecular complexity index is 302. The highest BCUT2D eigenvalue weighted by Crippen LogP contribution is 2.24. The van der Waals surface area contributed by atoms with Gasteiger partial charge in [-0.05, 0) is 33.1 Å². The highest BCUT2D eigenvalue weighted by molar-refractivity contribution is 5.07. The maximum Gasteiger partial charge on any atom is 0.106 e. The van der Waals surface area contributed by atoms with Crippen molar-refractivity contribution in [2.24, 2.45) is 0 Å². The summed E-state index contributed by atoms with van der Waals surface area (Å²) in [6.07, 6.45) is 4.02. The minimum atomic E-state index is -0.486. The summed E-state index contributed by atoms with van der Waals surface area (Å²) in [4.78, 5) is 0. The first-order valence-corrected chi connectivity index (χ1v) is 7.47. The third kappa shape index (κ3) is 7.81. The smallest absolute Gasteiger partial charge is 0.106 e. The van der Waals surface area contributed by atoms with Crippen molar-refractivity contribution in [2.45, 2.75) is 57.2 Å². The molecule has 2 unspecified atom stereocenters. The fraction of sp³-hybridized carbons (Fsp3) is 0.933. The van der Waals surface area contributed by atoms with E-state index in [4.69, 9.17) is 14.2 Å². The molecule has 1 saturated carbocycles. The lowest BCUT2D eigenvalue weighted by atomic mass is 9.96. The van der Waals surface area contributed by atoms with E-state index >= 15 is 0 Å². The van der Waals surface area contributed by atoms with E-state index in [1.54, 1.807) is 7.11 Å². The molecule has 0 aliphatic heterocycles. The third-order valence-electron chi connectivity index (χ3n) is 3.31. The molecule has 0 aromatic carbocycles. The van der Waals surface area contributed by atoms with Crippen LogP contribution in [0, 0.1) is 11.3 Å². The summed E-state index contributed by atoms with van der Waals surface area (Å²) in [5, 5.41) is 12.7. The van der Waals surface area contributed by atoms with Crippen LogP contribution in [0.4, 0.5) is 0 Å². The van der Waals surface area contributed by atoms with Gasteiger partial charge in [-0.3, -0.25) is 5.32 Å². The van der Waals surface area contributed by atoms with Crippen LogP contribution >= 0.6 is 0 Å². The van der Waals surface area contributed by atoms with Crippen molar-refractivity contribution >= 4 is 0 Å². The summed E-state index contributed by atoms with van der Waals surface area (Å²) in [6.45, 7) is 6.54. The molecule has 1 rings (SSSR count). The first-order chi connectivity index (χ1) is 9.59. The predicted octanol–water partition coefficient (Wildman–Crippen LogP) is 1.87. The number of nitrogens with one attached hydrogen (secondary N) is 1. The second kappa shape index (κ2) is 9.30. The molecule has 0 aromatic heterocycles. The van der Waals surface area contributed by atoms with Gasteiger partial charge in [-0.2, -0.15) is 5.26 Å². The van der Waals surface area contributed by atoms with E-state index in [0.29, 0.717) is 32.3 Å². The highest BCUT2D eigenvalue weighted by atomic mass is 16.5. The van der Waals surface area contributed by atoms with Gasteiger partial charge in [0, 0.05) is 32.8 Å². The molecular formula is C15H28N2O3. The molecule has 0 amide bonds. The Hall–Kier alpha value is -0.670. The summed E-state index contributed by atoms with van der Waals surface area (Å²) in [7, 11) is 1.69. The van der Waals surface area contributed by atoms with E-state index in [0.717, 1.165) is 13.0 Å². The van der Waals surface area contributed by atoms with E-state index < -0.39 is 5.54 Å². The van der Waals surface area contributed by atoms with Crippen molar-refractivity contribution in [3.8, 4) is 6.07 Å². The van der Waals surface area contributed by atoms with Gasteiger partial charge in [0.05, 0.1) is 25.4 Å². The average molecular weight is 284 g/mol. The number of ether oxygens (including phenoxy) is 3. The third-order valence-corrected chi connectivity index (χ3v) is 3.31. The second-order valence-electron chi connectivity index (χ2n) is 5.71. The lowest BCUT2D eigenvalue weighted by Crippen LogP contribution is -2.45. The molecule has 20 heavy (non-hydrogen) atoms. The molecule has 0 radical (unpaired) electrons. The fourth-order valence-electron chi connectivity index (χ4n) is 2.16. The molecule has 0 spiro atoms. The lowest BCUT2D eigenvalue weighted by Gasteiger charge is -2.26. The molecule has 0 bridgehead atoms. The van der Waals surface area contributed by atoms with Gasteiger partial charge in [-0.1, -0.05) is 0 Å². The number of nitriles is 1. The Morgan fingerprint density at radius 3 is 2.65 bits per heavy atom. The van der Waals surface area contributed by atoms with Gasteiger partial charge in [0.15, 0.2) is 0 Å². The van der Waals surface area contributed by atoms with Gasteiger partial charge in [-0.15, -0.1) is 0 Å². The monoisotopic (exact) mass is 284 g/mol. The minimum absolute atomic E-state index is 0.0495. The quantitative estimate of drug-likeness (QED) is 0.554. The summed E-state index contributed by atoms with van der Waals surface area (Å²) < 4.78 is 16.1. The van der Waals surface area contributed by atoms with Gasteiger partial charge in [0.25, 0.3) is 0 Å². The number of nitrogens with zero attached hydrogens (tertiary/aromatic N) is 1. The molecule has 1 fully saturated rings. The van der Waals surface area contributed by atoms with E-state index in [-0.39, 0.29) is 6.10 Å². The van der Waals surface area contributed by atoms with Crippen LogP contribution < -0.4 is 5.32 Å². The van der Waals surface area contributed by atoms with E-state index in [1.807, 2.05) is 13.8 Å². The van der Waals surface area contributed by atoms with Crippen LogP contribution in [0.1, 0.15) is 39.5 Å². The molecule has 0 saturated heterocycles. The Labute approximate surface area is 122 Å². The molecule has 1 N–H and O–H groups in total. The molecule has 1 aliphatic carbocycles. The molecular weight excluding hydrogens is 256 g/mol. The Balaban J connectivity index is 2.06. The lowest BCUT2D eigenvalue weighted by molar-refractivity contribution is -0.000745. The van der Waals surface area contributed by atoms with Crippen LogP contribution in [0.15, 0.2) is 0 Å². The normalized spacial score (nSPS) is 19.3. The first-order valence-electron chi connectivity index (χ1n) is 7.47. The summed E-state index contributed by atoms with van der Waals surface area (Å²) in [6, 6.07) is 2.89. The van der Waals surface area contributed by atoms with Crippen molar-refractivity contribution in [1.82, 2.24) is 5.32 Å². The van der Waals surface area contributed by atoms with Gasteiger partial charge in [0.2, 0.25) is 0 Å². The van der Waals surface area contributed by atoms with Crippen LogP contribution in [0.2, 0.25) is 0 Å². The van der Waals surface area contributed by atoms with E-state index in [2.05, 4.69) is 11.4 Å². The fourth-order valence-corrected chi connectivity index (χ4v) is 2.16. The Morgan fingerprint density at radius 1 is 1.30 bits per heavy atom. The number of hydrogen-bond acceptors (Lipinski definition) is 5. The first kappa shape index (κ1) is 17.4. The molecule has 2 atom stereocenters. The predicted molar refractivity (Wildman–Crippen MR) is 77.5 cm³/mol. The van der Waals surface area contributed by atoms with Crippen LogP contribution in [0.5, 0.6) is 0 Å². The van der Waals surface area contributed by atoms with Gasteiger partial charge < -0.3 is 14.2 Å². The van der Waals surface area contributed by atoms with Gasteiger partial charge >= 0.3 is 0 Å². The highest BCUT2D eigenvalue weighted by Gasteiger charge is 2.33. The maximum absolute atomic E-state index is 9.30. The SMILES string of the molecule is COCCCOCCOC(C)CC(C)(C#N)NC1CC1. The van der Waals surface area contributed by atoms with Crippen LogP contribution in [0.3, 0.4) is 0 Å². The number of rotatable bonds is 12. The summed E-state index contributed by atoms with van der Waals surface area (Å²) in [5.74, 6) is 0. The van der Waals surface area contributed by atoms with Crippen LogP contribution in [-0.2, 0) is 14.2 Å². The molecule has 5 heteroatoms. The standard InChI is InChI=1S/C15H28N2O3/c1-13(20-10-9-19-8-4-7-18-3)11-15(2,12-16)17-14-5-6-14/h13-14,17H,4-11H2,1-3H3. The van der Waals surface area contributed by atoms with Crippen molar-refractivity contribution < 1.29 is 14.2 Å². The molecule has 1 aliphatic rings. The van der Waals surface area contributed by atoms with Crippen molar-refractivity contribution in [1.29, 1.82) is 5.26 Å².